The zero-order valence-electron chi connectivity index (χ0n) is 15.0. The Morgan fingerprint density at radius 1 is 1.26 bits per heavy atom. The van der Waals surface area contributed by atoms with E-state index < -0.39 is 18.0 Å². The fraction of sp³-hybridized carbons (Fsp3) is 0.211. The van der Waals surface area contributed by atoms with Gasteiger partial charge < -0.3 is 14.6 Å². The predicted molar refractivity (Wildman–Crippen MR) is 106 cm³/mol. The fourth-order valence-corrected chi connectivity index (χ4v) is 3.77. The van der Waals surface area contributed by atoms with Crippen LogP contribution in [-0.4, -0.2) is 27.5 Å². The van der Waals surface area contributed by atoms with Crippen molar-refractivity contribution in [1.82, 2.24) is 9.55 Å². The molecule has 8 heteroatoms. The standard InChI is InChI=1S/C19H18ClN3O3S/c1-11-13(3)27-18(23-9-4-5-10-23)15(11)19(25)26-12(2)17(24)22-14-7-6-8-21-16(14)20/h4-10,12H,1-3H3,(H,22,24)/t12-/m1/s1. The van der Waals surface area contributed by atoms with Gasteiger partial charge in [0.2, 0.25) is 0 Å². The molecule has 0 saturated heterocycles. The summed E-state index contributed by atoms with van der Waals surface area (Å²) in [5.41, 5.74) is 1.67. The van der Waals surface area contributed by atoms with Gasteiger partial charge in [0.05, 0.1) is 11.3 Å². The maximum atomic E-state index is 12.8. The molecule has 1 N–H and O–H groups in total. The van der Waals surface area contributed by atoms with Crippen LogP contribution in [0.15, 0.2) is 42.9 Å². The molecule has 0 aromatic carbocycles. The minimum absolute atomic E-state index is 0.170. The van der Waals surface area contributed by atoms with Crippen molar-refractivity contribution in [3.05, 3.63) is 64.0 Å². The Balaban J connectivity index is 1.77. The van der Waals surface area contributed by atoms with Gasteiger partial charge in [0.1, 0.15) is 5.00 Å². The number of rotatable bonds is 5. The van der Waals surface area contributed by atoms with Crippen molar-refractivity contribution in [1.29, 1.82) is 0 Å². The van der Waals surface area contributed by atoms with Crippen LogP contribution in [0.5, 0.6) is 0 Å². The minimum Gasteiger partial charge on any atom is -0.449 e. The van der Waals surface area contributed by atoms with Crippen LogP contribution in [0, 0.1) is 13.8 Å². The van der Waals surface area contributed by atoms with Gasteiger partial charge in [-0.1, -0.05) is 11.6 Å². The second-order valence-electron chi connectivity index (χ2n) is 5.93. The molecule has 0 radical (unpaired) electrons. The highest BCUT2D eigenvalue weighted by molar-refractivity contribution is 7.15. The van der Waals surface area contributed by atoms with Gasteiger partial charge in [-0.25, -0.2) is 9.78 Å². The van der Waals surface area contributed by atoms with Crippen LogP contribution in [0.4, 0.5) is 5.69 Å². The molecule has 3 aromatic rings. The van der Waals surface area contributed by atoms with Crippen molar-refractivity contribution in [2.24, 2.45) is 0 Å². The second-order valence-corrected chi connectivity index (χ2v) is 7.49. The van der Waals surface area contributed by atoms with Crippen molar-refractivity contribution in [2.75, 3.05) is 5.32 Å². The monoisotopic (exact) mass is 403 g/mol. The molecule has 3 rings (SSSR count). The quantitative estimate of drug-likeness (QED) is 0.506. The summed E-state index contributed by atoms with van der Waals surface area (Å²) < 4.78 is 7.28. The number of hydrogen-bond donors (Lipinski definition) is 1. The smallest absolute Gasteiger partial charge is 0.342 e. The van der Waals surface area contributed by atoms with E-state index in [0.29, 0.717) is 11.3 Å². The Morgan fingerprint density at radius 3 is 2.63 bits per heavy atom. The summed E-state index contributed by atoms with van der Waals surface area (Å²) in [5.74, 6) is -1.02. The summed E-state index contributed by atoms with van der Waals surface area (Å²) >= 11 is 7.44. The Morgan fingerprint density at radius 2 is 1.96 bits per heavy atom. The van der Waals surface area contributed by atoms with Gasteiger partial charge in [-0.15, -0.1) is 11.3 Å². The molecule has 1 atom stereocenters. The number of pyridine rings is 1. The molecule has 1 amide bonds. The van der Waals surface area contributed by atoms with E-state index in [1.165, 1.54) is 24.5 Å². The van der Waals surface area contributed by atoms with Crippen molar-refractivity contribution < 1.29 is 14.3 Å². The van der Waals surface area contributed by atoms with E-state index in [0.717, 1.165) is 15.4 Å². The molecule has 0 unspecified atom stereocenters. The maximum absolute atomic E-state index is 12.8. The number of anilines is 1. The summed E-state index contributed by atoms with van der Waals surface area (Å²) in [6.07, 6.45) is 4.25. The molecular weight excluding hydrogens is 386 g/mol. The Labute approximate surface area is 165 Å². The summed E-state index contributed by atoms with van der Waals surface area (Å²) in [6, 6.07) is 7.04. The van der Waals surface area contributed by atoms with Crippen molar-refractivity contribution in [2.45, 2.75) is 26.9 Å². The molecule has 0 aliphatic carbocycles. The lowest BCUT2D eigenvalue weighted by Gasteiger charge is -2.15. The highest BCUT2D eigenvalue weighted by atomic mass is 35.5. The van der Waals surface area contributed by atoms with Crippen LogP contribution < -0.4 is 5.32 Å². The molecule has 0 saturated carbocycles. The van der Waals surface area contributed by atoms with E-state index in [9.17, 15) is 9.59 Å². The van der Waals surface area contributed by atoms with Gasteiger partial charge in [0.25, 0.3) is 5.91 Å². The Bertz CT molecular complexity index is 982. The normalized spacial score (nSPS) is 11.9. The SMILES string of the molecule is Cc1sc(-n2cccc2)c(C(=O)O[C@H](C)C(=O)Nc2cccnc2Cl)c1C. The number of esters is 1. The number of aryl methyl sites for hydroxylation is 1. The average molecular weight is 404 g/mol. The fourth-order valence-electron chi connectivity index (χ4n) is 2.49. The average Bonchev–Trinajstić information content (AvgIpc) is 3.25. The molecule has 0 aliphatic heterocycles. The van der Waals surface area contributed by atoms with E-state index in [1.807, 2.05) is 42.9 Å². The predicted octanol–water partition coefficient (Wildman–Crippen LogP) is 4.39. The van der Waals surface area contributed by atoms with E-state index in [-0.39, 0.29) is 5.15 Å². The van der Waals surface area contributed by atoms with Crippen LogP contribution in [-0.2, 0) is 9.53 Å². The van der Waals surface area contributed by atoms with Gasteiger partial charge >= 0.3 is 5.97 Å². The number of hydrogen-bond acceptors (Lipinski definition) is 5. The zero-order chi connectivity index (χ0) is 19.6. The molecule has 3 aromatic heterocycles. The molecule has 3 heterocycles. The first kappa shape index (κ1) is 19.1. The second kappa shape index (κ2) is 7.94. The number of nitrogens with one attached hydrogen (secondary N) is 1. The first-order chi connectivity index (χ1) is 12.9. The first-order valence-corrected chi connectivity index (χ1v) is 9.43. The number of carbonyl (C=O) groups is 2. The van der Waals surface area contributed by atoms with Crippen LogP contribution >= 0.6 is 22.9 Å². The topological polar surface area (TPSA) is 73.2 Å². The minimum atomic E-state index is -0.995. The third-order valence-electron chi connectivity index (χ3n) is 4.08. The van der Waals surface area contributed by atoms with Crippen LogP contribution in [0.1, 0.15) is 27.7 Å². The first-order valence-electron chi connectivity index (χ1n) is 8.24. The number of ether oxygens (including phenoxy) is 1. The van der Waals surface area contributed by atoms with Crippen LogP contribution in [0.25, 0.3) is 5.00 Å². The number of nitrogens with zero attached hydrogens (tertiary/aromatic N) is 2. The number of thiophene rings is 1. The zero-order valence-corrected chi connectivity index (χ0v) is 16.6. The lowest BCUT2D eigenvalue weighted by molar-refractivity contribution is -0.123. The van der Waals surface area contributed by atoms with Gasteiger partial charge in [-0.05, 0) is 50.6 Å². The largest absolute Gasteiger partial charge is 0.449 e. The van der Waals surface area contributed by atoms with Crippen LogP contribution in [0.3, 0.4) is 0 Å². The molecule has 0 fully saturated rings. The number of aromatic nitrogens is 2. The van der Waals surface area contributed by atoms with Gasteiger partial charge in [-0.3, -0.25) is 4.79 Å². The van der Waals surface area contributed by atoms with E-state index >= 15 is 0 Å². The Kier molecular flexibility index (Phi) is 5.62. The maximum Gasteiger partial charge on any atom is 0.342 e. The summed E-state index contributed by atoms with van der Waals surface area (Å²) in [7, 11) is 0. The summed E-state index contributed by atoms with van der Waals surface area (Å²) in [6.45, 7) is 5.33. The lowest BCUT2D eigenvalue weighted by Crippen LogP contribution is -2.30. The lowest BCUT2D eigenvalue weighted by atomic mass is 10.1. The van der Waals surface area contributed by atoms with E-state index in [2.05, 4.69) is 10.3 Å². The highest BCUT2D eigenvalue weighted by Gasteiger charge is 2.26. The van der Waals surface area contributed by atoms with Gasteiger partial charge in [0, 0.05) is 23.5 Å². The van der Waals surface area contributed by atoms with Crippen molar-refractivity contribution >= 4 is 40.5 Å². The molecule has 0 spiro atoms. The van der Waals surface area contributed by atoms with E-state index in [4.69, 9.17) is 16.3 Å². The number of carbonyl (C=O) groups excluding carboxylic acids is 2. The number of amides is 1. The van der Waals surface area contributed by atoms with Gasteiger partial charge in [-0.2, -0.15) is 0 Å². The van der Waals surface area contributed by atoms with Crippen LogP contribution in [0.2, 0.25) is 5.15 Å². The Hall–Kier alpha value is -2.64. The third-order valence-corrected chi connectivity index (χ3v) is 5.60. The third kappa shape index (κ3) is 4.04. The molecule has 6 nitrogen and oxygen atoms in total. The number of halogens is 1. The molecule has 140 valence electrons. The highest BCUT2D eigenvalue weighted by Crippen LogP contribution is 2.31. The van der Waals surface area contributed by atoms with Crippen molar-refractivity contribution in [3.8, 4) is 5.00 Å². The van der Waals surface area contributed by atoms with Gasteiger partial charge in [0.15, 0.2) is 11.3 Å². The molecule has 27 heavy (non-hydrogen) atoms. The molecule has 0 aliphatic rings. The summed E-state index contributed by atoms with van der Waals surface area (Å²) in [5, 5.41) is 3.55. The van der Waals surface area contributed by atoms with Crippen molar-refractivity contribution in [3.63, 3.8) is 0 Å². The van der Waals surface area contributed by atoms with E-state index in [1.54, 1.807) is 12.1 Å². The molecule has 0 bridgehead atoms. The molecular formula is C19H18ClN3O3S. The summed E-state index contributed by atoms with van der Waals surface area (Å²) in [4.78, 5) is 30.1.